The van der Waals surface area contributed by atoms with E-state index >= 15 is 0 Å². The minimum absolute atomic E-state index is 0.138. The van der Waals surface area contributed by atoms with E-state index in [0.29, 0.717) is 0 Å². The third-order valence-corrected chi connectivity index (χ3v) is 6.83. The van der Waals surface area contributed by atoms with Crippen molar-refractivity contribution < 1.29 is 30.8 Å². The number of hydrogen-bond donors (Lipinski definition) is 0. The minimum atomic E-state index is -0.138. The van der Waals surface area contributed by atoms with Gasteiger partial charge in [0.25, 0.3) is 0 Å². The van der Waals surface area contributed by atoms with E-state index in [4.69, 9.17) is 0 Å². The van der Waals surface area contributed by atoms with Gasteiger partial charge in [0.05, 0.1) is 0 Å². The Kier molecular flexibility index (Phi) is 5.78. The molecule has 92 valence electrons. The van der Waals surface area contributed by atoms with Crippen molar-refractivity contribution in [1.82, 2.24) is 0 Å². The Hall–Kier alpha value is -0.240. The first-order valence-electron chi connectivity index (χ1n) is 4.97. The Labute approximate surface area is 125 Å². The van der Waals surface area contributed by atoms with E-state index < -0.39 is 0 Å². The van der Waals surface area contributed by atoms with Crippen LogP contribution >= 0.6 is 22.6 Å². The quantitative estimate of drug-likeness (QED) is 0.298. The fraction of sp³-hybridized carbons (Fsp3) is 0.231. The number of carbonyl (C=O) groups is 2. The Morgan fingerprint density at radius 1 is 1.12 bits per heavy atom. The van der Waals surface area contributed by atoms with Gasteiger partial charge in [0.2, 0.25) is 0 Å². The molecule has 1 aromatic rings. The van der Waals surface area contributed by atoms with E-state index in [0.717, 1.165) is 37.7 Å². The monoisotopic (exact) mass is 455 g/mol. The van der Waals surface area contributed by atoms with Crippen LogP contribution in [0.3, 0.4) is 0 Å². The van der Waals surface area contributed by atoms with E-state index in [-0.39, 0.29) is 21.2 Å². The van der Waals surface area contributed by atoms with Gasteiger partial charge in [-0.05, 0) is 0 Å². The fourth-order valence-electron chi connectivity index (χ4n) is 1.47. The van der Waals surface area contributed by atoms with Crippen molar-refractivity contribution in [2.24, 2.45) is 0 Å². The average Bonchev–Trinajstić information content (AvgIpc) is 2.36. The van der Waals surface area contributed by atoms with Gasteiger partial charge in [0, 0.05) is 0 Å². The van der Waals surface area contributed by atoms with Gasteiger partial charge >= 0.3 is 126 Å². The second-order valence-corrected chi connectivity index (χ2v) is 6.82. The molecule has 0 aliphatic rings. The van der Waals surface area contributed by atoms with Crippen molar-refractivity contribution in [2.75, 3.05) is 4.93 Å². The zero-order chi connectivity index (χ0) is 13.0. The number of alkyl halides is 1. The Bertz CT molecular complexity index is 574. The van der Waals surface area contributed by atoms with Crippen LogP contribution in [0.4, 0.5) is 0 Å². The molecule has 0 bridgehead atoms. The van der Waals surface area contributed by atoms with Crippen LogP contribution < -0.4 is 31.6 Å². The Morgan fingerprint density at radius 3 is 2.06 bits per heavy atom. The number of carbonyl (C=O) groups excluding carboxylic acids is 2. The van der Waals surface area contributed by atoms with E-state index in [1.54, 1.807) is 0 Å². The Balaban J connectivity index is 3.85. The predicted molar refractivity (Wildman–Crippen MR) is 73.3 cm³/mol. The van der Waals surface area contributed by atoms with Crippen LogP contribution in [0.1, 0.15) is 13.8 Å². The van der Waals surface area contributed by atoms with Crippen molar-refractivity contribution in [3.8, 4) is 0 Å². The van der Waals surface area contributed by atoms with E-state index in [9.17, 15) is 9.59 Å². The first kappa shape index (κ1) is 14.8. The molecule has 0 fully saturated rings. The first-order chi connectivity index (χ1) is 8.06. The van der Waals surface area contributed by atoms with Crippen LogP contribution in [-0.4, -0.2) is 17.5 Å². The molecule has 0 aliphatic carbocycles. The van der Waals surface area contributed by atoms with Crippen LogP contribution in [0, 0.1) is 7.14 Å². The van der Waals surface area contributed by atoms with Gasteiger partial charge in [-0.3, -0.25) is 0 Å². The molecule has 4 heteroatoms. The zero-order valence-electron chi connectivity index (χ0n) is 9.88. The summed E-state index contributed by atoms with van der Waals surface area (Å²) in [5.41, 5.74) is 1.50. The fourth-order valence-corrected chi connectivity index (χ4v) is 5.68. The van der Waals surface area contributed by atoms with Crippen LogP contribution in [0.25, 0.3) is 11.1 Å². The van der Waals surface area contributed by atoms with E-state index in [1.165, 1.54) is 3.57 Å². The summed E-state index contributed by atoms with van der Waals surface area (Å²) in [6.45, 7) is 3.65. The molecule has 0 radical (unpaired) electrons. The second kappa shape index (κ2) is 6.63. The summed E-state index contributed by atoms with van der Waals surface area (Å²) in [6.07, 6.45) is 1.77. The summed E-state index contributed by atoms with van der Waals surface area (Å²) in [5.74, 6) is 0. The zero-order valence-corrected chi connectivity index (χ0v) is 14.2. The molecule has 17 heavy (non-hydrogen) atoms. The second-order valence-electron chi connectivity index (χ2n) is 3.58. The molecule has 2 nitrogen and oxygen atoms in total. The number of hydrogen-bond acceptors (Lipinski definition) is 2. The topological polar surface area (TPSA) is 34.1 Å². The summed E-state index contributed by atoms with van der Waals surface area (Å²) in [4.78, 5) is 23.9. The molecule has 1 rings (SSSR count). The molecule has 0 N–H and O–H groups in total. The van der Waals surface area contributed by atoms with Gasteiger partial charge in [-0.1, -0.05) is 0 Å². The molecular formula is C13H13I2O2-. The number of halogens is 2. The third-order valence-electron chi connectivity index (χ3n) is 2.47. The van der Waals surface area contributed by atoms with Crippen molar-refractivity contribution in [3.05, 3.63) is 29.7 Å². The van der Waals surface area contributed by atoms with Crippen molar-refractivity contribution in [1.29, 1.82) is 0 Å². The predicted octanol–water partition coefficient (Wildman–Crippen LogP) is -2.08. The number of benzene rings is 1. The SMILES string of the molecule is C[I-]c1c(I)/c(=C(\C)C=O)cc/c1=C(/C)C=O. The van der Waals surface area contributed by atoms with Gasteiger partial charge in [-0.25, -0.2) is 0 Å². The third kappa shape index (κ3) is 3.15. The summed E-state index contributed by atoms with van der Waals surface area (Å²) in [7, 11) is 0. The van der Waals surface area contributed by atoms with Gasteiger partial charge < -0.3 is 0 Å². The summed E-state index contributed by atoms with van der Waals surface area (Å²) >= 11 is 2.14. The van der Waals surface area contributed by atoms with Crippen molar-refractivity contribution in [3.63, 3.8) is 0 Å². The molecule has 0 spiro atoms. The first-order valence-corrected chi connectivity index (χ1v) is 9.28. The molecule has 0 unspecified atom stereocenters. The maximum atomic E-state index is 10.9. The number of rotatable bonds is 3. The van der Waals surface area contributed by atoms with Gasteiger partial charge in [-0.2, -0.15) is 0 Å². The molecule has 1 aromatic carbocycles. The van der Waals surface area contributed by atoms with Gasteiger partial charge in [0.1, 0.15) is 0 Å². The standard InChI is InChI=1S/C13H13I2O2/c1-8(6-16)10-4-5-11(9(2)7-17)13(15-3)12(10)14/h4-7H,1-3H3/q-1/b10-8+,11-9+. The van der Waals surface area contributed by atoms with E-state index in [1.807, 2.05) is 26.0 Å². The molecule has 0 saturated carbocycles. The molecule has 0 aromatic heterocycles. The summed E-state index contributed by atoms with van der Waals surface area (Å²) in [5, 5.41) is 2.02. The summed E-state index contributed by atoms with van der Waals surface area (Å²) < 4.78 is 2.36. The van der Waals surface area contributed by atoms with Crippen LogP contribution in [0.15, 0.2) is 12.1 Å². The molecule has 0 saturated heterocycles. The van der Waals surface area contributed by atoms with Crippen molar-refractivity contribution in [2.45, 2.75) is 13.8 Å². The van der Waals surface area contributed by atoms with Crippen LogP contribution in [-0.2, 0) is 9.59 Å². The average molecular weight is 455 g/mol. The van der Waals surface area contributed by atoms with Crippen LogP contribution in [0.2, 0.25) is 0 Å². The molecule has 0 amide bonds. The molecule has 0 heterocycles. The summed E-state index contributed by atoms with van der Waals surface area (Å²) in [6, 6.07) is 3.88. The van der Waals surface area contributed by atoms with Crippen LogP contribution in [0.5, 0.6) is 0 Å². The van der Waals surface area contributed by atoms with E-state index in [2.05, 4.69) is 27.5 Å². The van der Waals surface area contributed by atoms with Gasteiger partial charge in [-0.15, -0.1) is 0 Å². The van der Waals surface area contributed by atoms with Gasteiger partial charge in [0.15, 0.2) is 0 Å². The molecule has 0 atom stereocenters. The molecule has 0 aliphatic heterocycles. The normalized spacial score (nSPS) is 14.4. The molecular weight excluding hydrogens is 442 g/mol. The maximum absolute atomic E-state index is 10.9. The number of aldehydes is 2. The van der Waals surface area contributed by atoms with Crippen molar-refractivity contribution >= 4 is 46.3 Å². The Morgan fingerprint density at radius 2 is 1.59 bits per heavy atom.